The first-order chi connectivity index (χ1) is 9.28. The lowest BCUT2D eigenvalue weighted by atomic mass is 10.0. The summed E-state index contributed by atoms with van der Waals surface area (Å²) < 4.78 is 10.6. The molecule has 5 nitrogen and oxygen atoms in total. The Kier molecular flexibility index (Phi) is 7.09. The Bertz CT molecular complexity index is 389. The summed E-state index contributed by atoms with van der Waals surface area (Å²) in [4.78, 5) is 2.28. The fourth-order valence-corrected chi connectivity index (χ4v) is 2.45. The number of benzene rings is 1. The smallest absolute Gasteiger partial charge is 0.122 e. The van der Waals surface area contributed by atoms with E-state index in [1.165, 1.54) is 0 Å². The summed E-state index contributed by atoms with van der Waals surface area (Å²) >= 11 is 0. The summed E-state index contributed by atoms with van der Waals surface area (Å²) in [5.41, 5.74) is 1.03. The number of nitrogens with one attached hydrogen (secondary N) is 1. The van der Waals surface area contributed by atoms with E-state index in [-0.39, 0.29) is 25.1 Å². The van der Waals surface area contributed by atoms with Crippen molar-refractivity contribution in [3.8, 4) is 11.5 Å². The summed E-state index contributed by atoms with van der Waals surface area (Å²) in [6.07, 6.45) is 0. The minimum absolute atomic E-state index is 0. The Morgan fingerprint density at radius 2 is 1.70 bits per heavy atom. The van der Waals surface area contributed by atoms with Gasteiger partial charge in [0.1, 0.15) is 11.5 Å². The second-order valence-electron chi connectivity index (χ2n) is 4.63. The zero-order valence-corrected chi connectivity index (χ0v) is 12.8. The average Bonchev–Trinajstić information content (AvgIpc) is 2.48. The first kappa shape index (κ1) is 17.0. The third kappa shape index (κ3) is 3.99. The van der Waals surface area contributed by atoms with Crippen molar-refractivity contribution in [2.24, 2.45) is 0 Å². The molecule has 0 saturated carbocycles. The van der Waals surface area contributed by atoms with Gasteiger partial charge in [-0.1, -0.05) is 0 Å². The number of aliphatic hydroxyl groups excluding tert-OH is 1. The van der Waals surface area contributed by atoms with Gasteiger partial charge in [-0.05, 0) is 17.7 Å². The Balaban J connectivity index is 0.00000200. The Hall–Kier alpha value is -1.01. The van der Waals surface area contributed by atoms with Crippen LogP contribution in [0.5, 0.6) is 11.5 Å². The highest BCUT2D eigenvalue weighted by molar-refractivity contribution is 5.85. The van der Waals surface area contributed by atoms with E-state index in [4.69, 9.17) is 9.47 Å². The highest BCUT2D eigenvalue weighted by atomic mass is 35.5. The molecule has 0 amide bonds. The van der Waals surface area contributed by atoms with Crippen LogP contribution in [0.1, 0.15) is 11.6 Å². The lowest BCUT2D eigenvalue weighted by molar-refractivity contribution is 0.110. The molecular formula is C14H23ClN2O3. The molecule has 0 unspecified atom stereocenters. The molecule has 1 fully saturated rings. The van der Waals surface area contributed by atoms with E-state index >= 15 is 0 Å². The number of halogens is 1. The Labute approximate surface area is 126 Å². The minimum atomic E-state index is -0.00824. The van der Waals surface area contributed by atoms with Crippen LogP contribution in [0.3, 0.4) is 0 Å². The van der Waals surface area contributed by atoms with Gasteiger partial charge in [0.15, 0.2) is 0 Å². The van der Waals surface area contributed by atoms with Crippen molar-refractivity contribution in [1.82, 2.24) is 10.2 Å². The van der Waals surface area contributed by atoms with Crippen molar-refractivity contribution in [2.45, 2.75) is 6.04 Å². The van der Waals surface area contributed by atoms with Crippen molar-refractivity contribution in [2.75, 3.05) is 47.0 Å². The van der Waals surface area contributed by atoms with E-state index in [9.17, 15) is 5.11 Å². The lowest BCUT2D eigenvalue weighted by Crippen LogP contribution is -2.46. The van der Waals surface area contributed by atoms with Crippen molar-refractivity contribution < 1.29 is 14.6 Å². The van der Waals surface area contributed by atoms with Gasteiger partial charge in [0, 0.05) is 32.2 Å². The molecular weight excluding hydrogens is 280 g/mol. The first-order valence-electron chi connectivity index (χ1n) is 6.57. The highest BCUT2D eigenvalue weighted by Gasteiger charge is 2.22. The number of ether oxygens (including phenoxy) is 2. The third-order valence-corrected chi connectivity index (χ3v) is 3.52. The molecule has 1 atom stereocenters. The normalized spacial score (nSPS) is 17.1. The Morgan fingerprint density at radius 3 is 2.15 bits per heavy atom. The zero-order chi connectivity index (χ0) is 13.7. The molecule has 2 N–H and O–H groups in total. The molecule has 0 radical (unpaired) electrons. The first-order valence-corrected chi connectivity index (χ1v) is 6.57. The highest BCUT2D eigenvalue weighted by Crippen LogP contribution is 2.29. The van der Waals surface area contributed by atoms with Gasteiger partial charge in [-0.2, -0.15) is 0 Å². The van der Waals surface area contributed by atoms with Crippen molar-refractivity contribution in [1.29, 1.82) is 0 Å². The second-order valence-corrected chi connectivity index (χ2v) is 4.63. The van der Waals surface area contributed by atoms with Crippen molar-refractivity contribution in [3.05, 3.63) is 23.8 Å². The molecule has 114 valence electrons. The number of hydrogen-bond donors (Lipinski definition) is 2. The summed E-state index contributed by atoms with van der Waals surface area (Å²) in [6.45, 7) is 3.88. The fraction of sp³-hybridized carbons (Fsp3) is 0.571. The van der Waals surface area contributed by atoms with Crippen LogP contribution < -0.4 is 14.8 Å². The summed E-state index contributed by atoms with van der Waals surface area (Å²) in [6, 6.07) is 5.76. The van der Waals surface area contributed by atoms with E-state index in [0.717, 1.165) is 43.2 Å². The van der Waals surface area contributed by atoms with Gasteiger partial charge in [-0.3, -0.25) is 4.90 Å². The van der Waals surface area contributed by atoms with Gasteiger partial charge in [-0.15, -0.1) is 12.4 Å². The number of nitrogens with zero attached hydrogens (tertiary/aromatic N) is 1. The van der Waals surface area contributed by atoms with Crippen LogP contribution in [0, 0.1) is 0 Å². The molecule has 1 aliphatic heterocycles. The number of hydrogen-bond acceptors (Lipinski definition) is 5. The standard InChI is InChI=1S/C14H22N2O3.ClH/c1-18-12-7-11(8-13(9-12)19-2)14(10-17)16-5-3-15-4-6-16;/h7-9,14-15,17H,3-6,10H2,1-2H3;1H/t14-;/m0./s1. The molecule has 0 spiro atoms. The maximum absolute atomic E-state index is 9.72. The van der Waals surface area contributed by atoms with Crippen LogP contribution in [-0.2, 0) is 0 Å². The molecule has 0 aliphatic carbocycles. The lowest BCUT2D eigenvalue weighted by Gasteiger charge is -2.34. The van der Waals surface area contributed by atoms with Gasteiger partial charge in [-0.25, -0.2) is 0 Å². The monoisotopic (exact) mass is 302 g/mol. The molecule has 1 aromatic carbocycles. The fourth-order valence-electron chi connectivity index (χ4n) is 2.45. The third-order valence-electron chi connectivity index (χ3n) is 3.52. The van der Waals surface area contributed by atoms with E-state index in [0.29, 0.717) is 0 Å². The molecule has 1 aliphatic rings. The molecule has 0 aromatic heterocycles. The van der Waals surface area contributed by atoms with E-state index in [2.05, 4.69) is 10.2 Å². The predicted octanol–water partition coefficient (Wildman–Crippen LogP) is 1.06. The largest absolute Gasteiger partial charge is 0.497 e. The predicted molar refractivity (Wildman–Crippen MR) is 81.1 cm³/mol. The summed E-state index contributed by atoms with van der Waals surface area (Å²) in [7, 11) is 3.27. The van der Waals surface area contributed by atoms with E-state index in [1.54, 1.807) is 14.2 Å². The molecule has 1 saturated heterocycles. The molecule has 1 aromatic rings. The average molecular weight is 303 g/mol. The Morgan fingerprint density at radius 1 is 1.15 bits per heavy atom. The maximum atomic E-state index is 9.72. The van der Waals surface area contributed by atoms with Crippen LogP contribution in [0.15, 0.2) is 18.2 Å². The van der Waals surface area contributed by atoms with E-state index in [1.807, 2.05) is 18.2 Å². The molecule has 20 heavy (non-hydrogen) atoms. The quantitative estimate of drug-likeness (QED) is 0.852. The van der Waals surface area contributed by atoms with Gasteiger partial charge in [0.2, 0.25) is 0 Å². The zero-order valence-electron chi connectivity index (χ0n) is 12.0. The number of methoxy groups -OCH3 is 2. The SMILES string of the molecule is COc1cc(OC)cc([C@H](CO)N2CCNCC2)c1.Cl. The van der Waals surface area contributed by atoms with Gasteiger partial charge >= 0.3 is 0 Å². The molecule has 6 heteroatoms. The molecule has 2 rings (SSSR count). The van der Waals surface area contributed by atoms with Crippen molar-refractivity contribution in [3.63, 3.8) is 0 Å². The van der Waals surface area contributed by atoms with Gasteiger partial charge in [0.25, 0.3) is 0 Å². The van der Waals surface area contributed by atoms with Gasteiger partial charge < -0.3 is 19.9 Å². The number of piperazine rings is 1. The number of rotatable bonds is 5. The number of aliphatic hydroxyl groups is 1. The summed E-state index contributed by atoms with van der Waals surface area (Å²) in [5, 5.41) is 13.0. The van der Waals surface area contributed by atoms with Crippen LogP contribution in [-0.4, -0.2) is 57.0 Å². The summed E-state index contributed by atoms with van der Waals surface area (Å²) in [5.74, 6) is 1.51. The second kappa shape index (κ2) is 8.32. The van der Waals surface area contributed by atoms with Crippen LogP contribution >= 0.6 is 12.4 Å². The van der Waals surface area contributed by atoms with Crippen molar-refractivity contribution >= 4 is 12.4 Å². The molecule has 0 bridgehead atoms. The van der Waals surface area contributed by atoms with Crippen LogP contribution in [0.4, 0.5) is 0 Å². The van der Waals surface area contributed by atoms with Crippen LogP contribution in [0.2, 0.25) is 0 Å². The molecule has 1 heterocycles. The van der Waals surface area contributed by atoms with Gasteiger partial charge in [0.05, 0.1) is 26.9 Å². The minimum Gasteiger partial charge on any atom is -0.497 e. The van der Waals surface area contributed by atoms with Crippen LogP contribution in [0.25, 0.3) is 0 Å². The van der Waals surface area contributed by atoms with E-state index < -0.39 is 0 Å². The topological polar surface area (TPSA) is 54.0 Å². The maximum Gasteiger partial charge on any atom is 0.122 e.